The Morgan fingerprint density at radius 2 is 2.24 bits per heavy atom. The monoisotopic (exact) mass is 243 g/mol. The van der Waals surface area contributed by atoms with Crippen LogP contribution in [0, 0.1) is 0 Å². The van der Waals surface area contributed by atoms with Gasteiger partial charge in [-0.1, -0.05) is 0 Å². The van der Waals surface area contributed by atoms with Crippen molar-refractivity contribution in [2.75, 3.05) is 26.8 Å². The summed E-state index contributed by atoms with van der Waals surface area (Å²) in [4.78, 5) is 0. The van der Waals surface area contributed by atoms with Crippen LogP contribution < -0.4 is 5.32 Å². The van der Waals surface area contributed by atoms with Crippen LogP contribution in [0.3, 0.4) is 0 Å². The predicted octanol–water partition coefficient (Wildman–Crippen LogP) is -0.769. The minimum absolute atomic E-state index is 0.345. The third kappa shape index (κ3) is 6.38. The number of nitrogens with one attached hydrogen (secondary N) is 1. The molecule has 0 aliphatic carbocycles. The van der Waals surface area contributed by atoms with Gasteiger partial charge >= 0.3 is 0 Å². The second-order valence-electron chi connectivity index (χ2n) is 3.98. The summed E-state index contributed by atoms with van der Waals surface area (Å²) in [5.74, 6) is 0. The van der Waals surface area contributed by atoms with E-state index in [0.29, 0.717) is 32.7 Å². The number of rotatable bonds is 9. The minimum Gasteiger partial charge on any atom is -0.391 e. The lowest BCUT2D eigenvalue weighted by molar-refractivity contribution is 0.0584. The van der Waals surface area contributed by atoms with Crippen LogP contribution in [0.2, 0.25) is 0 Å². The number of hydrogen-bond acceptors (Lipinski definition) is 5. The Morgan fingerprint density at radius 1 is 1.41 bits per heavy atom. The Bertz CT molecular complexity index is 279. The van der Waals surface area contributed by atoms with E-state index in [1.807, 2.05) is 12.3 Å². The molecule has 6 nitrogen and oxygen atoms in total. The summed E-state index contributed by atoms with van der Waals surface area (Å²) in [6.45, 7) is 1.96. The Balaban J connectivity index is 2.02. The molecule has 0 amide bonds. The molecule has 6 heteroatoms. The van der Waals surface area contributed by atoms with E-state index < -0.39 is 12.2 Å². The fraction of sp³-hybridized carbons (Fsp3) is 0.727. The third-order valence-electron chi connectivity index (χ3n) is 2.35. The van der Waals surface area contributed by atoms with Gasteiger partial charge in [-0.2, -0.15) is 5.10 Å². The van der Waals surface area contributed by atoms with Gasteiger partial charge in [0.05, 0.1) is 25.4 Å². The quantitative estimate of drug-likeness (QED) is 0.496. The van der Waals surface area contributed by atoms with Crippen LogP contribution in [0.15, 0.2) is 18.5 Å². The Labute approximate surface area is 101 Å². The van der Waals surface area contributed by atoms with Crippen LogP contribution in [0.5, 0.6) is 0 Å². The molecule has 0 bridgehead atoms. The van der Waals surface area contributed by atoms with Crippen molar-refractivity contribution in [3.63, 3.8) is 0 Å². The van der Waals surface area contributed by atoms with E-state index >= 15 is 0 Å². The lowest BCUT2D eigenvalue weighted by Gasteiger charge is -2.13. The van der Waals surface area contributed by atoms with E-state index in [1.165, 1.54) is 0 Å². The van der Waals surface area contributed by atoms with Gasteiger partial charge in [0.15, 0.2) is 0 Å². The van der Waals surface area contributed by atoms with Gasteiger partial charge < -0.3 is 20.3 Å². The zero-order valence-corrected chi connectivity index (χ0v) is 10.1. The topological polar surface area (TPSA) is 79.5 Å². The van der Waals surface area contributed by atoms with Crippen molar-refractivity contribution >= 4 is 0 Å². The molecule has 0 spiro atoms. The van der Waals surface area contributed by atoms with E-state index in [0.717, 1.165) is 0 Å². The second kappa shape index (κ2) is 8.19. The molecule has 17 heavy (non-hydrogen) atoms. The van der Waals surface area contributed by atoms with Crippen LogP contribution in [0.1, 0.15) is 6.42 Å². The number of aliphatic hydroxyl groups excluding tert-OH is 2. The number of methoxy groups -OCH3 is 1. The average molecular weight is 243 g/mol. The van der Waals surface area contributed by atoms with Crippen molar-refractivity contribution in [3.05, 3.63) is 18.5 Å². The first-order valence-electron chi connectivity index (χ1n) is 5.75. The molecule has 1 aromatic heterocycles. The molecular formula is C11H21N3O3. The maximum atomic E-state index is 9.68. The highest BCUT2D eigenvalue weighted by atomic mass is 16.5. The molecule has 3 N–H and O–H groups in total. The van der Waals surface area contributed by atoms with Crippen molar-refractivity contribution < 1.29 is 14.9 Å². The number of hydrogen-bond donors (Lipinski definition) is 3. The molecule has 2 atom stereocenters. The highest BCUT2D eigenvalue weighted by molar-refractivity contribution is 4.78. The molecular weight excluding hydrogens is 222 g/mol. The predicted molar refractivity (Wildman–Crippen MR) is 63.6 cm³/mol. The standard InChI is InChI=1S/C11H21N3O3/c1-17-9-10(15)3-5-12-7-11(16)8-14-6-2-4-13-14/h2,4,6,10-12,15-16H,3,5,7-9H2,1H3. The van der Waals surface area contributed by atoms with Crippen molar-refractivity contribution in [1.29, 1.82) is 0 Å². The molecule has 0 saturated heterocycles. The van der Waals surface area contributed by atoms with Crippen LogP contribution in [0.25, 0.3) is 0 Å². The van der Waals surface area contributed by atoms with Gasteiger partial charge in [0.2, 0.25) is 0 Å². The van der Waals surface area contributed by atoms with Gasteiger partial charge in [0.1, 0.15) is 0 Å². The molecule has 98 valence electrons. The van der Waals surface area contributed by atoms with E-state index in [2.05, 4.69) is 10.4 Å². The van der Waals surface area contributed by atoms with Gasteiger partial charge in [-0.25, -0.2) is 0 Å². The summed E-state index contributed by atoms with van der Waals surface area (Å²) in [6.07, 6.45) is 3.18. The summed E-state index contributed by atoms with van der Waals surface area (Å²) >= 11 is 0. The summed E-state index contributed by atoms with van der Waals surface area (Å²) < 4.78 is 6.50. The Kier molecular flexibility index (Phi) is 6.80. The van der Waals surface area contributed by atoms with E-state index in [1.54, 1.807) is 18.0 Å². The van der Waals surface area contributed by atoms with Gasteiger partial charge in [-0.3, -0.25) is 4.68 Å². The summed E-state index contributed by atoms with van der Waals surface area (Å²) in [7, 11) is 1.56. The molecule has 0 aliphatic rings. The SMILES string of the molecule is COCC(O)CCNCC(O)Cn1cccn1. The van der Waals surface area contributed by atoms with Crippen LogP contribution in [-0.4, -0.2) is 59.0 Å². The van der Waals surface area contributed by atoms with E-state index in [-0.39, 0.29) is 0 Å². The first-order chi connectivity index (χ1) is 8.22. The molecule has 1 rings (SSSR count). The summed E-state index contributed by atoms with van der Waals surface area (Å²) in [5.41, 5.74) is 0. The first kappa shape index (κ1) is 14.1. The van der Waals surface area contributed by atoms with Crippen LogP contribution in [0.4, 0.5) is 0 Å². The maximum absolute atomic E-state index is 9.68. The number of ether oxygens (including phenoxy) is 1. The molecule has 0 aliphatic heterocycles. The Hall–Kier alpha value is -0.950. The van der Waals surface area contributed by atoms with Crippen molar-refractivity contribution in [2.24, 2.45) is 0 Å². The zero-order valence-electron chi connectivity index (χ0n) is 10.1. The van der Waals surface area contributed by atoms with E-state index in [9.17, 15) is 10.2 Å². The second-order valence-corrected chi connectivity index (χ2v) is 3.98. The minimum atomic E-state index is -0.477. The Morgan fingerprint density at radius 3 is 2.88 bits per heavy atom. The average Bonchev–Trinajstić information content (AvgIpc) is 2.77. The first-order valence-corrected chi connectivity index (χ1v) is 5.75. The lowest BCUT2D eigenvalue weighted by Crippen LogP contribution is -2.32. The number of aliphatic hydroxyl groups is 2. The van der Waals surface area contributed by atoms with Gasteiger partial charge in [0, 0.05) is 26.0 Å². The van der Waals surface area contributed by atoms with Gasteiger partial charge in [-0.15, -0.1) is 0 Å². The highest BCUT2D eigenvalue weighted by Crippen LogP contribution is 1.92. The van der Waals surface area contributed by atoms with Crippen molar-refractivity contribution in [3.8, 4) is 0 Å². The molecule has 0 fully saturated rings. The molecule has 1 heterocycles. The largest absolute Gasteiger partial charge is 0.391 e. The fourth-order valence-corrected chi connectivity index (χ4v) is 1.50. The fourth-order valence-electron chi connectivity index (χ4n) is 1.50. The molecule has 2 unspecified atom stereocenters. The molecule has 1 aromatic rings. The molecule has 0 saturated carbocycles. The maximum Gasteiger partial charge on any atom is 0.0860 e. The van der Waals surface area contributed by atoms with Crippen molar-refractivity contribution in [1.82, 2.24) is 15.1 Å². The van der Waals surface area contributed by atoms with Gasteiger partial charge in [0.25, 0.3) is 0 Å². The van der Waals surface area contributed by atoms with Crippen LogP contribution in [-0.2, 0) is 11.3 Å². The van der Waals surface area contributed by atoms with Crippen LogP contribution >= 0.6 is 0 Å². The van der Waals surface area contributed by atoms with E-state index in [4.69, 9.17) is 4.74 Å². The number of nitrogens with zero attached hydrogens (tertiary/aromatic N) is 2. The normalized spacial score (nSPS) is 14.8. The van der Waals surface area contributed by atoms with Gasteiger partial charge in [-0.05, 0) is 19.0 Å². The highest BCUT2D eigenvalue weighted by Gasteiger charge is 2.06. The molecule has 0 aromatic carbocycles. The van der Waals surface area contributed by atoms with Crippen molar-refractivity contribution in [2.45, 2.75) is 25.2 Å². The summed E-state index contributed by atoms with van der Waals surface area (Å²) in [6, 6.07) is 1.82. The molecule has 0 radical (unpaired) electrons. The lowest BCUT2D eigenvalue weighted by atomic mass is 10.2. The zero-order chi connectivity index (χ0) is 12.5. The summed E-state index contributed by atoms with van der Waals surface area (Å²) in [5, 5.41) is 26.1. The third-order valence-corrected chi connectivity index (χ3v) is 2.35. The number of aromatic nitrogens is 2. The smallest absolute Gasteiger partial charge is 0.0860 e.